The molecule has 0 saturated heterocycles. The first-order valence-corrected chi connectivity index (χ1v) is 10.6. The minimum atomic E-state index is -0.404. The van der Waals surface area contributed by atoms with E-state index in [9.17, 15) is 9.65 Å². The molecule has 2 aliphatic rings. The van der Waals surface area contributed by atoms with E-state index >= 15 is 0 Å². The van der Waals surface area contributed by atoms with E-state index in [1.165, 1.54) is 27.7 Å². The van der Waals surface area contributed by atoms with Gasteiger partial charge in [0.15, 0.2) is 5.82 Å². The summed E-state index contributed by atoms with van der Waals surface area (Å²) in [5.41, 5.74) is 5.22. The summed E-state index contributed by atoms with van der Waals surface area (Å²) in [6.45, 7) is 11.1. The van der Waals surface area contributed by atoms with E-state index in [0.717, 1.165) is 38.3 Å². The molecule has 30 heavy (non-hydrogen) atoms. The van der Waals surface area contributed by atoms with Gasteiger partial charge in [0.1, 0.15) is 17.3 Å². The Morgan fingerprint density at radius 3 is 2.90 bits per heavy atom. The van der Waals surface area contributed by atoms with Gasteiger partial charge in [0.05, 0.1) is 35.9 Å². The van der Waals surface area contributed by atoms with Gasteiger partial charge in [0.25, 0.3) is 0 Å². The molecule has 0 amide bonds. The van der Waals surface area contributed by atoms with Crippen molar-refractivity contribution in [1.82, 2.24) is 24.3 Å². The Morgan fingerprint density at radius 2 is 2.13 bits per heavy atom. The molecule has 0 unspecified atom stereocenters. The number of rotatable bonds is 3. The number of anilines is 1. The van der Waals surface area contributed by atoms with Crippen LogP contribution in [0.2, 0.25) is 0 Å². The molecule has 0 saturated carbocycles. The third-order valence-electron chi connectivity index (χ3n) is 6.16. The standard InChI is InChI=1S/C22H26FN7/c1-14(2)10-27-7-6-19-17(12-27)21-13-28(11-15(3)29(21)26-19)20-5-4-16(8-24)30-22(20)18(23)9-25-30/h4-5,9,14-15H,6-7,10-13H2,1-3H3/t15-/m1/s1. The van der Waals surface area contributed by atoms with Gasteiger partial charge in [-0.3, -0.25) is 9.58 Å². The lowest BCUT2D eigenvalue weighted by molar-refractivity contribution is 0.225. The summed E-state index contributed by atoms with van der Waals surface area (Å²) < 4.78 is 18.2. The molecule has 0 spiro atoms. The fourth-order valence-electron chi connectivity index (χ4n) is 4.92. The lowest BCUT2D eigenvalue weighted by Gasteiger charge is -2.35. The summed E-state index contributed by atoms with van der Waals surface area (Å²) in [4.78, 5) is 4.71. The van der Waals surface area contributed by atoms with Crippen LogP contribution in [0.4, 0.5) is 10.1 Å². The van der Waals surface area contributed by atoms with E-state index in [-0.39, 0.29) is 6.04 Å². The number of nitriles is 1. The van der Waals surface area contributed by atoms with Crippen molar-refractivity contribution in [1.29, 1.82) is 5.26 Å². The molecule has 156 valence electrons. The maximum atomic E-state index is 14.6. The van der Waals surface area contributed by atoms with Gasteiger partial charge in [-0.25, -0.2) is 8.91 Å². The zero-order valence-electron chi connectivity index (χ0n) is 17.6. The Bertz CT molecular complexity index is 1150. The molecule has 1 atom stereocenters. The highest BCUT2D eigenvalue weighted by Crippen LogP contribution is 2.34. The van der Waals surface area contributed by atoms with Crippen molar-refractivity contribution in [2.24, 2.45) is 5.92 Å². The van der Waals surface area contributed by atoms with Crippen LogP contribution in [0.1, 0.15) is 49.5 Å². The maximum Gasteiger partial charge on any atom is 0.171 e. The van der Waals surface area contributed by atoms with E-state index in [4.69, 9.17) is 5.10 Å². The highest BCUT2D eigenvalue weighted by atomic mass is 19.1. The molecule has 5 rings (SSSR count). The molecule has 0 aromatic carbocycles. The lowest BCUT2D eigenvalue weighted by atomic mass is 10.0. The van der Waals surface area contributed by atoms with Crippen molar-refractivity contribution >= 4 is 11.2 Å². The highest BCUT2D eigenvalue weighted by Gasteiger charge is 2.32. The largest absolute Gasteiger partial charge is 0.362 e. The summed E-state index contributed by atoms with van der Waals surface area (Å²) in [5.74, 6) is 0.226. The Labute approximate surface area is 175 Å². The van der Waals surface area contributed by atoms with Crippen LogP contribution < -0.4 is 4.90 Å². The first kappa shape index (κ1) is 19.1. The average Bonchev–Trinajstić information content (AvgIpc) is 3.28. The topological polar surface area (TPSA) is 65.4 Å². The third kappa shape index (κ3) is 2.96. The van der Waals surface area contributed by atoms with E-state index in [2.05, 4.69) is 46.4 Å². The fraction of sp³-hybridized carbons (Fsp3) is 0.500. The summed E-state index contributed by atoms with van der Waals surface area (Å²) in [6, 6.07) is 5.83. The second kappa shape index (κ2) is 7.10. The Balaban J connectivity index is 1.54. The quantitative estimate of drug-likeness (QED) is 0.667. The fourth-order valence-corrected chi connectivity index (χ4v) is 4.92. The van der Waals surface area contributed by atoms with Crippen LogP contribution in [0, 0.1) is 23.1 Å². The summed E-state index contributed by atoms with van der Waals surface area (Å²) in [5, 5.41) is 18.4. The average molecular weight is 407 g/mol. The summed E-state index contributed by atoms with van der Waals surface area (Å²) in [7, 11) is 0. The lowest BCUT2D eigenvalue weighted by Crippen LogP contribution is -2.38. The molecule has 2 aliphatic heterocycles. The van der Waals surface area contributed by atoms with Crippen molar-refractivity contribution in [3.05, 3.63) is 46.8 Å². The predicted molar refractivity (Wildman–Crippen MR) is 112 cm³/mol. The molecule has 0 fully saturated rings. The molecule has 3 aromatic heterocycles. The van der Waals surface area contributed by atoms with Gasteiger partial charge in [0.2, 0.25) is 0 Å². The summed E-state index contributed by atoms with van der Waals surface area (Å²) >= 11 is 0. The first-order chi connectivity index (χ1) is 14.5. The molecule has 0 N–H and O–H groups in total. The van der Waals surface area contributed by atoms with Crippen LogP contribution >= 0.6 is 0 Å². The van der Waals surface area contributed by atoms with E-state index in [1.54, 1.807) is 6.07 Å². The normalized spacial score (nSPS) is 19.2. The number of aromatic nitrogens is 4. The molecule has 7 nitrogen and oxygen atoms in total. The first-order valence-electron chi connectivity index (χ1n) is 10.6. The minimum absolute atomic E-state index is 0.180. The smallest absolute Gasteiger partial charge is 0.171 e. The molecular weight excluding hydrogens is 381 g/mol. The molecular formula is C22H26FN7. The SMILES string of the molecule is CC(C)CN1CCc2nn3c(c2C1)CN(c1ccc(C#N)n2ncc(F)c12)C[C@H]3C. The van der Waals surface area contributed by atoms with Crippen LogP contribution in [0.15, 0.2) is 18.3 Å². The number of nitrogens with zero attached hydrogens (tertiary/aromatic N) is 7. The molecule has 3 aromatic rings. The highest BCUT2D eigenvalue weighted by molar-refractivity contribution is 5.75. The third-order valence-corrected chi connectivity index (χ3v) is 6.16. The zero-order chi connectivity index (χ0) is 21.0. The molecule has 0 bridgehead atoms. The molecule has 5 heterocycles. The second-order valence-electron chi connectivity index (χ2n) is 8.89. The van der Waals surface area contributed by atoms with E-state index in [0.29, 0.717) is 23.7 Å². The number of hydrogen-bond acceptors (Lipinski definition) is 5. The van der Waals surface area contributed by atoms with Gasteiger partial charge in [-0.2, -0.15) is 15.5 Å². The number of halogens is 1. The van der Waals surface area contributed by atoms with Crippen LogP contribution in [-0.4, -0.2) is 43.9 Å². The van der Waals surface area contributed by atoms with Gasteiger partial charge in [-0.05, 0) is 25.0 Å². The van der Waals surface area contributed by atoms with E-state index < -0.39 is 5.82 Å². The maximum absolute atomic E-state index is 14.6. The van der Waals surface area contributed by atoms with Gasteiger partial charge in [-0.1, -0.05) is 13.8 Å². The van der Waals surface area contributed by atoms with Crippen LogP contribution in [0.3, 0.4) is 0 Å². The number of pyridine rings is 1. The van der Waals surface area contributed by atoms with Crippen molar-refractivity contribution in [2.45, 2.75) is 46.3 Å². The monoisotopic (exact) mass is 407 g/mol. The minimum Gasteiger partial charge on any atom is -0.362 e. The van der Waals surface area contributed by atoms with Crippen LogP contribution in [0.5, 0.6) is 0 Å². The van der Waals surface area contributed by atoms with Gasteiger partial charge in [-0.15, -0.1) is 0 Å². The number of hydrogen-bond donors (Lipinski definition) is 0. The van der Waals surface area contributed by atoms with Crippen molar-refractivity contribution in [3.63, 3.8) is 0 Å². The van der Waals surface area contributed by atoms with Gasteiger partial charge in [0, 0.05) is 38.2 Å². The Kier molecular flexibility index (Phi) is 4.51. The van der Waals surface area contributed by atoms with Crippen LogP contribution in [-0.2, 0) is 19.5 Å². The van der Waals surface area contributed by atoms with Crippen molar-refractivity contribution < 1.29 is 4.39 Å². The second-order valence-corrected chi connectivity index (χ2v) is 8.89. The molecule has 0 aliphatic carbocycles. The molecule has 8 heteroatoms. The summed E-state index contributed by atoms with van der Waals surface area (Å²) in [6.07, 6.45) is 2.16. The van der Waals surface area contributed by atoms with E-state index in [1.807, 2.05) is 6.07 Å². The Hall–Kier alpha value is -2.92. The van der Waals surface area contributed by atoms with Gasteiger partial charge < -0.3 is 4.90 Å². The van der Waals surface area contributed by atoms with Crippen molar-refractivity contribution in [3.8, 4) is 6.07 Å². The predicted octanol–water partition coefficient (Wildman–Crippen LogP) is 3.14. The van der Waals surface area contributed by atoms with Gasteiger partial charge >= 0.3 is 0 Å². The molecule has 0 radical (unpaired) electrons. The Morgan fingerprint density at radius 1 is 1.30 bits per heavy atom. The van der Waals surface area contributed by atoms with Crippen molar-refractivity contribution in [2.75, 3.05) is 24.5 Å². The zero-order valence-corrected chi connectivity index (χ0v) is 17.6. The van der Waals surface area contributed by atoms with Crippen LogP contribution in [0.25, 0.3) is 5.52 Å². The number of fused-ring (bicyclic) bond motifs is 4.